The molecule has 0 amide bonds. The molecule has 90 valence electrons. The van der Waals surface area contributed by atoms with Gasteiger partial charge in [-0.3, -0.25) is 9.59 Å². The van der Waals surface area contributed by atoms with Crippen LogP contribution in [0.5, 0.6) is 0 Å². The average molecular weight is 230 g/mol. The number of hydrogen-bond donors (Lipinski definition) is 0. The van der Waals surface area contributed by atoms with Crippen LogP contribution in [0.15, 0.2) is 43.0 Å². The van der Waals surface area contributed by atoms with Crippen molar-refractivity contribution in [2.75, 3.05) is 0 Å². The quantitative estimate of drug-likeness (QED) is 0.426. The number of carbonyl (C=O) groups is 2. The van der Waals surface area contributed by atoms with Gasteiger partial charge in [0.2, 0.25) is 0 Å². The Bertz CT molecular complexity index is 416. The van der Waals surface area contributed by atoms with Crippen molar-refractivity contribution >= 4 is 11.6 Å². The van der Waals surface area contributed by atoms with Gasteiger partial charge in [0.1, 0.15) is 5.78 Å². The van der Waals surface area contributed by atoms with E-state index in [0.29, 0.717) is 12.0 Å². The van der Waals surface area contributed by atoms with Gasteiger partial charge in [-0.25, -0.2) is 0 Å². The van der Waals surface area contributed by atoms with Crippen LogP contribution in [0.4, 0.5) is 0 Å². The van der Waals surface area contributed by atoms with Gasteiger partial charge in [-0.1, -0.05) is 50.3 Å². The monoisotopic (exact) mass is 230 g/mol. The van der Waals surface area contributed by atoms with Gasteiger partial charge in [-0.2, -0.15) is 0 Å². The van der Waals surface area contributed by atoms with E-state index in [1.807, 2.05) is 19.9 Å². The minimum atomic E-state index is -0.242. The summed E-state index contributed by atoms with van der Waals surface area (Å²) < 4.78 is 0. The van der Waals surface area contributed by atoms with E-state index in [4.69, 9.17) is 0 Å². The maximum Gasteiger partial charge on any atom is 0.170 e. The van der Waals surface area contributed by atoms with Crippen LogP contribution in [-0.4, -0.2) is 11.6 Å². The number of allylic oxidation sites excluding steroid dienone is 1. The molecule has 0 spiro atoms. The first-order chi connectivity index (χ1) is 7.94. The first kappa shape index (κ1) is 13.4. The Labute approximate surface area is 102 Å². The van der Waals surface area contributed by atoms with Gasteiger partial charge in [-0.15, -0.1) is 6.58 Å². The van der Waals surface area contributed by atoms with Crippen LogP contribution < -0.4 is 0 Å². The van der Waals surface area contributed by atoms with Crippen LogP contribution in [-0.2, 0) is 4.79 Å². The van der Waals surface area contributed by atoms with Gasteiger partial charge in [0, 0.05) is 12.0 Å². The third-order valence-corrected chi connectivity index (χ3v) is 2.66. The van der Waals surface area contributed by atoms with Crippen LogP contribution in [0.1, 0.15) is 37.0 Å². The summed E-state index contributed by atoms with van der Waals surface area (Å²) >= 11 is 0. The highest BCUT2D eigenvalue weighted by Gasteiger charge is 2.20. The summed E-state index contributed by atoms with van der Waals surface area (Å²) in [5.74, 6) is -0.154. The molecule has 0 atom stereocenters. The van der Waals surface area contributed by atoms with Crippen LogP contribution in [0.3, 0.4) is 0 Å². The van der Waals surface area contributed by atoms with Crippen molar-refractivity contribution in [1.29, 1.82) is 0 Å². The predicted molar refractivity (Wildman–Crippen MR) is 69.0 cm³/mol. The van der Waals surface area contributed by atoms with Crippen molar-refractivity contribution in [1.82, 2.24) is 0 Å². The summed E-state index contributed by atoms with van der Waals surface area (Å²) in [7, 11) is 0. The number of hydrogen-bond acceptors (Lipinski definition) is 2. The van der Waals surface area contributed by atoms with Gasteiger partial charge in [0.25, 0.3) is 0 Å². The minimum Gasteiger partial charge on any atom is -0.299 e. The standard InChI is InChI=1S/C15H18O2/c1-4-15(2,3)11-13(16)10-14(17)12-8-6-5-7-9-12/h4-9H,1,10-11H2,2-3H3. The van der Waals surface area contributed by atoms with E-state index >= 15 is 0 Å². The van der Waals surface area contributed by atoms with E-state index in [0.717, 1.165) is 0 Å². The summed E-state index contributed by atoms with van der Waals surface area (Å²) in [6.45, 7) is 7.56. The molecular formula is C15H18O2. The molecule has 0 aromatic heterocycles. The van der Waals surface area contributed by atoms with Crippen molar-refractivity contribution in [3.05, 3.63) is 48.6 Å². The molecule has 2 heteroatoms. The van der Waals surface area contributed by atoms with E-state index < -0.39 is 0 Å². The lowest BCUT2D eigenvalue weighted by Gasteiger charge is -2.17. The summed E-state index contributed by atoms with van der Waals surface area (Å²) in [6, 6.07) is 8.90. The highest BCUT2D eigenvalue weighted by atomic mass is 16.1. The highest BCUT2D eigenvalue weighted by Crippen LogP contribution is 2.22. The van der Waals surface area contributed by atoms with Gasteiger partial charge in [-0.05, 0) is 5.41 Å². The lowest BCUT2D eigenvalue weighted by molar-refractivity contribution is -0.119. The molecule has 0 bridgehead atoms. The number of ketones is 2. The Balaban J connectivity index is 2.59. The van der Waals surface area contributed by atoms with E-state index in [1.54, 1.807) is 30.3 Å². The molecule has 0 radical (unpaired) electrons. The highest BCUT2D eigenvalue weighted by molar-refractivity contribution is 6.08. The van der Waals surface area contributed by atoms with Crippen molar-refractivity contribution < 1.29 is 9.59 Å². The summed E-state index contributed by atoms with van der Waals surface area (Å²) in [6.07, 6.45) is 2.08. The maximum atomic E-state index is 11.8. The number of carbonyl (C=O) groups excluding carboxylic acids is 2. The topological polar surface area (TPSA) is 34.1 Å². The number of rotatable bonds is 6. The van der Waals surface area contributed by atoms with Crippen molar-refractivity contribution in [3.63, 3.8) is 0 Å². The lowest BCUT2D eigenvalue weighted by atomic mass is 9.86. The molecule has 1 rings (SSSR count). The van der Waals surface area contributed by atoms with Gasteiger partial charge in [0.05, 0.1) is 6.42 Å². The Morgan fingerprint density at radius 1 is 1.24 bits per heavy atom. The Morgan fingerprint density at radius 3 is 2.35 bits per heavy atom. The third kappa shape index (κ3) is 4.35. The summed E-state index contributed by atoms with van der Waals surface area (Å²) in [5.41, 5.74) is 0.353. The fraction of sp³-hybridized carbons (Fsp3) is 0.333. The molecule has 0 unspecified atom stereocenters. The van der Waals surface area contributed by atoms with E-state index in [9.17, 15) is 9.59 Å². The molecular weight excluding hydrogens is 212 g/mol. The Morgan fingerprint density at radius 2 is 1.82 bits per heavy atom. The number of Topliss-reactive ketones (excluding diaryl/α,β-unsaturated/α-hetero) is 2. The molecule has 1 aromatic carbocycles. The molecule has 0 heterocycles. The lowest BCUT2D eigenvalue weighted by Crippen LogP contribution is -2.17. The molecule has 1 aromatic rings. The van der Waals surface area contributed by atoms with Gasteiger partial charge < -0.3 is 0 Å². The maximum absolute atomic E-state index is 11.8. The first-order valence-corrected chi connectivity index (χ1v) is 5.68. The Kier molecular flexibility index (Phi) is 4.38. The van der Waals surface area contributed by atoms with Crippen molar-refractivity contribution in [3.8, 4) is 0 Å². The van der Waals surface area contributed by atoms with Crippen molar-refractivity contribution in [2.24, 2.45) is 5.41 Å². The zero-order chi connectivity index (χ0) is 12.9. The fourth-order valence-corrected chi connectivity index (χ4v) is 1.55. The van der Waals surface area contributed by atoms with Gasteiger partial charge >= 0.3 is 0 Å². The van der Waals surface area contributed by atoms with Crippen LogP contribution in [0.2, 0.25) is 0 Å². The smallest absolute Gasteiger partial charge is 0.170 e. The van der Waals surface area contributed by atoms with Crippen LogP contribution in [0.25, 0.3) is 0 Å². The first-order valence-electron chi connectivity index (χ1n) is 5.68. The zero-order valence-electron chi connectivity index (χ0n) is 10.4. The van der Waals surface area contributed by atoms with E-state index in [-0.39, 0.29) is 23.4 Å². The molecule has 2 nitrogen and oxygen atoms in total. The predicted octanol–water partition coefficient (Wildman–Crippen LogP) is 3.43. The largest absolute Gasteiger partial charge is 0.299 e. The fourth-order valence-electron chi connectivity index (χ4n) is 1.55. The molecule has 17 heavy (non-hydrogen) atoms. The molecule has 0 N–H and O–H groups in total. The summed E-state index contributed by atoms with van der Waals surface area (Å²) in [4.78, 5) is 23.5. The second kappa shape index (κ2) is 5.58. The van der Waals surface area contributed by atoms with Gasteiger partial charge in [0.15, 0.2) is 5.78 Å². The summed E-state index contributed by atoms with van der Waals surface area (Å²) in [5, 5.41) is 0. The van der Waals surface area contributed by atoms with Crippen LogP contribution >= 0.6 is 0 Å². The Hall–Kier alpha value is -1.70. The van der Waals surface area contributed by atoms with E-state index in [2.05, 4.69) is 6.58 Å². The van der Waals surface area contributed by atoms with E-state index in [1.165, 1.54) is 0 Å². The average Bonchev–Trinajstić information content (AvgIpc) is 2.29. The van der Waals surface area contributed by atoms with Crippen LogP contribution in [0, 0.1) is 5.41 Å². The molecule has 0 fully saturated rings. The molecule has 0 aliphatic carbocycles. The normalized spacial score (nSPS) is 10.9. The second-order valence-corrected chi connectivity index (χ2v) is 4.87. The molecule has 0 saturated heterocycles. The third-order valence-electron chi connectivity index (χ3n) is 2.66. The molecule has 0 aliphatic rings. The zero-order valence-corrected chi connectivity index (χ0v) is 10.4. The second-order valence-electron chi connectivity index (χ2n) is 4.87. The molecule has 0 aliphatic heterocycles. The SMILES string of the molecule is C=CC(C)(C)CC(=O)CC(=O)c1ccccc1. The molecule has 0 saturated carbocycles. The number of benzene rings is 1. The van der Waals surface area contributed by atoms with Crippen molar-refractivity contribution in [2.45, 2.75) is 26.7 Å². The minimum absolute atomic E-state index is 0.0265.